The standard InChI is InChI=1S/C20H25N3OS/c1-2-24-19-11-9-17(10-12-19)22-20(25)23(18-7-3-4-8-18)15-16-6-5-13-21-14-16/h5-6,9-14,18H,2-4,7-8,15H2,1H3,(H,22,25). The zero-order valence-corrected chi connectivity index (χ0v) is 15.5. The number of anilines is 1. The molecule has 1 aromatic heterocycles. The number of nitrogens with one attached hydrogen (secondary N) is 1. The summed E-state index contributed by atoms with van der Waals surface area (Å²) in [7, 11) is 0. The second kappa shape index (κ2) is 8.81. The van der Waals surface area contributed by atoms with Crippen LogP contribution in [-0.4, -0.2) is 27.6 Å². The molecule has 0 spiro atoms. The van der Waals surface area contributed by atoms with Crippen molar-refractivity contribution in [3.05, 3.63) is 54.4 Å². The molecular formula is C20H25N3OS. The smallest absolute Gasteiger partial charge is 0.173 e. The van der Waals surface area contributed by atoms with Crippen LogP contribution in [0.5, 0.6) is 5.75 Å². The van der Waals surface area contributed by atoms with Crippen LogP contribution in [-0.2, 0) is 6.54 Å². The maximum atomic E-state index is 5.74. The summed E-state index contributed by atoms with van der Waals surface area (Å²) in [5.74, 6) is 0.877. The molecule has 132 valence electrons. The third kappa shape index (κ3) is 4.92. The lowest BCUT2D eigenvalue weighted by Gasteiger charge is -2.31. The first-order valence-electron chi connectivity index (χ1n) is 8.95. The van der Waals surface area contributed by atoms with Crippen molar-refractivity contribution in [1.29, 1.82) is 0 Å². The molecule has 0 unspecified atom stereocenters. The van der Waals surface area contributed by atoms with Gasteiger partial charge < -0.3 is 15.0 Å². The van der Waals surface area contributed by atoms with Gasteiger partial charge in [0.15, 0.2) is 5.11 Å². The van der Waals surface area contributed by atoms with E-state index in [9.17, 15) is 0 Å². The van der Waals surface area contributed by atoms with Crippen LogP contribution >= 0.6 is 12.2 Å². The van der Waals surface area contributed by atoms with E-state index in [1.54, 1.807) is 6.20 Å². The highest BCUT2D eigenvalue weighted by Gasteiger charge is 2.24. The molecular weight excluding hydrogens is 330 g/mol. The number of hydrogen-bond acceptors (Lipinski definition) is 3. The van der Waals surface area contributed by atoms with E-state index < -0.39 is 0 Å². The van der Waals surface area contributed by atoms with Crippen LogP contribution in [0.1, 0.15) is 38.2 Å². The lowest BCUT2D eigenvalue weighted by molar-refractivity contribution is 0.312. The Kier molecular flexibility index (Phi) is 6.23. The molecule has 3 rings (SSSR count). The average Bonchev–Trinajstić information content (AvgIpc) is 3.17. The summed E-state index contributed by atoms with van der Waals surface area (Å²) < 4.78 is 5.50. The highest BCUT2D eigenvalue weighted by molar-refractivity contribution is 7.80. The first-order valence-corrected chi connectivity index (χ1v) is 9.36. The zero-order chi connectivity index (χ0) is 17.5. The molecule has 0 aliphatic heterocycles. The van der Waals surface area contributed by atoms with Gasteiger partial charge in [-0.1, -0.05) is 18.9 Å². The summed E-state index contributed by atoms with van der Waals surface area (Å²) in [6, 6.07) is 12.5. The van der Waals surface area contributed by atoms with Crippen molar-refractivity contribution in [2.24, 2.45) is 0 Å². The van der Waals surface area contributed by atoms with Crippen molar-refractivity contribution in [2.75, 3.05) is 11.9 Å². The van der Waals surface area contributed by atoms with Gasteiger partial charge in [-0.2, -0.15) is 0 Å². The van der Waals surface area contributed by atoms with Gasteiger partial charge in [0.2, 0.25) is 0 Å². The van der Waals surface area contributed by atoms with Gasteiger partial charge in [-0.3, -0.25) is 4.98 Å². The maximum absolute atomic E-state index is 5.74. The number of nitrogens with zero attached hydrogens (tertiary/aromatic N) is 2. The molecule has 1 aliphatic rings. The van der Waals surface area contributed by atoms with Crippen molar-refractivity contribution in [3.63, 3.8) is 0 Å². The van der Waals surface area contributed by atoms with Crippen LogP contribution in [0.15, 0.2) is 48.8 Å². The molecule has 0 atom stereocenters. The number of thiocarbonyl (C=S) groups is 1. The number of hydrogen-bond donors (Lipinski definition) is 1. The monoisotopic (exact) mass is 355 g/mol. The summed E-state index contributed by atoms with van der Waals surface area (Å²) in [5.41, 5.74) is 2.17. The molecule has 1 saturated carbocycles. The van der Waals surface area contributed by atoms with Gasteiger partial charge >= 0.3 is 0 Å². The Balaban J connectivity index is 1.69. The zero-order valence-electron chi connectivity index (χ0n) is 14.6. The second-order valence-electron chi connectivity index (χ2n) is 6.31. The molecule has 0 saturated heterocycles. The third-order valence-electron chi connectivity index (χ3n) is 4.52. The molecule has 5 heteroatoms. The first kappa shape index (κ1) is 17.7. The van der Waals surface area contributed by atoms with E-state index in [1.807, 2.05) is 43.5 Å². The van der Waals surface area contributed by atoms with Crippen molar-refractivity contribution >= 4 is 23.0 Å². The molecule has 0 amide bonds. The van der Waals surface area contributed by atoms with Crippen LogP contribution in [0.25, 0.3) is 0 Å². The largest absolute Gasteiger partial charge is 0.494 e. The van der Waals surface area contributed by atoms with Crippen LogP contribution in [0.4, 0.5) is 5.69 Å². The molecule has 4 nitrogen and oxygen atoms in total. The van der Waals surface area contributed by atoms with Gasteiger partial charge in [0.1, 0.15) is 5.75 Å². The fourth-order valence-electron chi connectivity index (χ4n) is 3.27. The van der Waals surface area contributed by atoms with Crippen LogP contribution < -0.4 is 10.1 Å². The van der Waals surface area contributed by atoms with Crippen molar-refractivity contribution in [3.8, 4) is 5.75 Å². The van der Waals surface area contributed by atoms with Gasteiger partial charge in [-0.15, -0.1) is 0 Å². The van der Waals surface area contributed by atoms with Gasteiger partial charge in [0.25, 0.3) is 0 Å². The molecule has 0 bridgehead atoms. The molecule has 1 N–H and O–H groups in total. The van der Waals surface area contributed by atoms with E-state index in [1.165, 1.54) is 31.2 Å². The SMILES string of the molecule is CCOc1ccc(NC(=S)N(Cc2cccnc2)C2CCCC2)cc1. The Labute approximate surface area is 155 Å². The van der Waals surface area contributed by atoms with Crippen molar-refractivity contribution < 1.29 is 4.74 Å². The molecule has 0 radical (unpaired) electrons. The van der Waals surface area contributed by atoms with E-state index in [-0.39, 0.29) is 0 Å². The van der Waals surface area contributed by atoms with E-state index >= 15 is 0 Å². The summed E-state index contributed by atoms with van der Waals surface area (Å²) in [6.07, 6.45) is 8.68. The highest BCUT2D eigenvalue weighted by atomic mass is 32.1. The molecule has 2 aromatic rings. The molecule has 1 aliphatic carbocycles. The van der Waals surface area contributed by atoms with E-state index in [0.717, 1.165) is 23.1 Å². The molecule has 1 fully saturated rings. The summed E-state index contributed by atoms with van der Waals surface area (Å²) in [6.45, 7) is 3.45. The normalized spacial score (nSPS) is 14.3. The van der Waals surface area contributed by atoms with Gasteiger partial charge in [-0.25, -0.2) is 0 Å². The molecule has 1 heterocycles. The van der Waals surface area contributed by atoms with E-state index in [4.69, 9.17) is 17.0 Å². The van der Waals surface area contributed by atoms with Crippen LogP contribution in [0.2, 0.25) is 0 Å². The van der Waals surface area contributed by atoms with E-state index in [0.29, 0.717) is 12.6 Å². The minimum atomic E-state index is 0.503. The summed E-state index contributed by atoms with van der Waals surface area (Å²) in [5, 5.41) is 4.17. The lowest BCUT2D eigenvalue weighted by Crippen LogP contribution is -2.41. The topological polar surface area (TPSA) is 37.4 Å². The van der Waals surface area contributed by atoms with Crippen molar-refractivity contribution in [1.82, 2.24) is 9.88 Å². The Bertz CT molecular complexity index is 669. The Morgan fingerprint density at radius 3 is 2.64 bits per heavy atom. The van der Waals surface area contributed by atoms with Crippen LogP contribution in [0.3, 0.4) is 0 Å². The summed E-state index contributed by atoms with van der Waals surface area (Å²) in [4.78, 5) is 6.55. The fraction of sp³-hybridized carbons (Fsp3) is 0.400. The van der Waals surface area contributed by atoms with Crippen LogP contribution in [0, 0.1) is 0 Å². The minimum absolute atomic E-state index is 0.503. The Morgan fingerprint density at radius 1 is 1.24 bits per heavy atom. The number of rotatable bonds is 6. The van der Waals surface area contributed by atoms with Gasteiger partial charge in [0.05, 0.1) is 6.61 Å². The predicted molar refractivity (Wildman–Crippen MR) is 106 cm³/mol. The number of benzene rings is 1. The predicted octanol–water partition coefficient (Wildman–Crippen LogP) is 4.62. The number of aromatic nitrogens is 1. The van der Waals surface area contributed by atoms with E-state index in [2.05, 4.69) is 21.3 Å². The fourth-order valence-corrected chi connectivity index (χ4v) is 3.60. The number of pyridine rings is 1. The average molecular weight is 356 g/mol. The Morgan fingerprint density at radius 2 is 2.00 bits per heavy atom. The maximum Gasteiger partial charge on any atom is 0.173 e. The minimum Gasteiger partial charge on any atom is -0.494 e. The summed E-state index contributed by atoms with van der Waals surface area (Å²) >= 11 is 5.74. The van der Waals surface area contributed by atoms with Gasteiger partial charge in [-0.05, 0) is 67.9 Å². The molecule has 1 aromatic carbocycles. The third-order valence-corrected chi connectivity index (χ3v) is 4.86. The van der Waals surface area contributed by atoms with Crippen molar-refractivity contribution in [2.45, 2.75) is 45.2 Å². The Hall–Kier alpha value is -2.14. The molecule has 25 heavy (non-hydrogen) atoms. The number of ether oxygens (including phenoxy) is 1. The second-order valence-corrected chi connectivity index (χ2v) is 6.70. The highest BCUT2D eigenvalue weighted by Crippen LogP contribution is 2.26. The first-order chi connectivity index (χ1) is 12.3. The van der Waals surface area contributed by atoms with Gasteiger partial charge in [0, 0.05) is 30.7 Å². The quantitative estimate of drug-likeness (QED) is 0.765. The lowest BCUT2D eigenvalue weighted by atomic mass is 10.2.